The van der Waals surface area contributed by atoms with Gasteiger partial charge >= 0.3 is 17.9 Å². The van der Waals surface area contributed by atoms with E-state index in [0.29, 0.717) is 25.7 Å². The van der Waals surface area contributed by atoms with E-state index in [1.807, 2.05) is 6.92 Å². The predicted octanol–water partition coefficient (Wildman–Crippen LogP) is 2.93. The Bertz CT molecular complexity index is 549. The molecule has 0 aromatic heterocycles. The summed E-state index contributed by atoms with van der Waals surface area (Å²) in [4.78, 5) is 33.8. The van der Waals surface area contributed by atoms with Crippen LogP contribution in [0.15, 0.2) is 36.5 Å². The van der Waals surface area contributed by atoms with Crippen LogP contribution in [0.1, 0.15) is 52.9 Å². The SMILES string of the molecule is CCC(O)C=CC(=O)OC(C)CC=CC(=O)OC(CC)CC=CCC(=O)O. The average Bonchev–Trinajstić information content (AvgIpc) is 2.61. The van der Waals surface area contributed by atoms with Gasteiger partial charge in [-0.25, -0.2) is 9.59 Å². The number of ether oxygens (including phenoxy) is 2. The van der Waals surface area contributed by atoms with Crippen LogP contribution in [0.5, 0.6) is 0 Å². The van der Waals surface area contributed by atoms with Crippen molar-refractivity contribution in [2.75, 3.05) is 0 Å². The van der Waals surface area contributed by atoms with Gasteiger partial charge in [-0.15, -0.1) is 0 Å². The van der Waals surface area contributed by atoms with Gasteiger partial charge in [0.2, 0.25) is 0 Å². The molecule has 0 fully saturated rings. The molecule has 27 heavy (non-hydrogen) atoms. The van der Waals surface area contributed by atoms with E-state index < -0.39 is 30.1 Å². The van der Waals surface area contributed by atoms with Crippen molar-refractivity contribution in [3.8, 4) is 0 Å². The van der Waals surface area contributed by atoms with E-state index in [1.54, 1.807) is 26.0 Å². The van der Waals surface area contributed by atoms with Gasteiger partial charge in [0.25, 0.3) is 0 Å². The van der Waals surface area contributed by atoms with Crippen molar-refractivity contribution >= 4 is 17.9 Å². The number of esters is 2. The largest absolute Gasteiger partial charge is 0.481 e. The zero-order valence-electron chi connectivity index (χ0n) is 16.2. The van der Waals surface area contributed by atoms with Crippen LogP contribution in [-0.2, 0) is 23.9 Å². The molecule has 0 spiro atoms. The molecule has 7 heteroatoms. The minimum atomic E-state index is -0.911. The zero-order valence-corrected chi connectivity index (χ0v) is 16.2. The zero-order chi connectivity index (χ0) is 20.7. The summed E-state index contributed by atoms with van der Waals surface area (Å²) in [6.07, 6.45) is 9.06. The summed E-state index contributed by atoms with van der Waals surface area (Å²) in [6, 6.07) is 0. The van der Waals surface area contributed by atoms with Gasteiger partial charge in [0.1, 0.15) is 12.2 Å². The van der Waals surface area contributed by atoms with Gasteiger partial charge in [0.15, 0.2) is 0 Å². The number of rotatable bonds is 13. The van der Waals surface area contributed by atoms with Crippen LogP contribution >= 0.6 is 0 Å². The highest BCUT2D eigenvalue weighted by molar-refractivity contribution is 5.82. The molecule has 0 saturated heterocycles. The van der Waals surface area contributed by atoms with Crippen LogP contribution < -0.4 is 0 Å². The second-order valence-electron chi connectivity index (χ2n) is 5.99. The number of carboxylic acids is 1. The third-order valence-electron chi connectivity index (χ3n) is 3.51. The first-order valence-corrected chi connectivity index (χ1v) is 9.09. The van der Waals surface area contributed by atoms with Crippen molar-refractivity contribution in [3.63, 3.8) is 0 Å². The maximum Gasteiger partial charge on any atom is 0.330 e. The van der Waals surface area contributed by atoms with Crippen molar-refractivity contribution < 1.29 is 34.1 Å². The standard InChI is InChI=1S/C20H30O7/c1-4-16(21)13-14-20(25)26-15(3)9-8-12-19(24)27-17(5-2)10-6-7-11-18(22)23/h6-8,12-17,21H,4-5,9-11H2,1-3H3,(H,22,23). The van der Waals surface area contributed by atoms with Crippen LogP contribution in [0.3, 0.4) is 0 Å². The topological polar surface area (TPSA) is 110 Å². The van der Waals surface area contributed by atoms with Crippen molar-refractivity contribution in [2.45, 2.75) is 71.2 Å². The van der Waals surface area contributed by atoms with Crippen LogP contribution in [0.25, 0.3) is 0 Å². The summed E-state index contributed by atoms with van der Waals surface area (Å²) in [5.74, 6) is -1.96. The van der Waals surface area contributed by atoms with Crippen LogP contribution in [0.2, 0.25) is 0 Å². The van der Waals surface area contributed by atoms with E-state index in [9.17, 15) is 19.5 Å². The molecule has 0 aliphatic carbocycles. The molecule has 0 aromatic carbocycles. The molecule has 2 N–H and O–H groups in total. The Morgan fingerprint density at radius 3 is 2.19 bits per heavy atom. The molecule has 0 aliphatic rings. The Labute approximate surface area is 160 Å². The Kier molecular flexibility index (Phi) is 13.4. The summed E-state index contributed by atoms with van der Waals surface area (Å²) in [7, 11) is 0. The van der Waals surface area contributed by atoms with Gasteiger partial charge in [-0.3, -0.25) is 4.79 Å². The average molecular weight is 382 g/mol. The number of aliphatic hydroxyl groups is 1. The first kappa shape index (κ1) is 24.6. The number of carbonyl (C=O) groups excluding carboxylic acids is 2. The third kappa shape index (κ3) is 14.4. The van der Waals surface area contributed by atoms with Crippen molar-refractivity contribution in [3.05, 3.63) is 36.5 Å². The molecule has 0 rings (SSSR count). The Morgan fingerprint density at radius 1 is 0.926 bits per heavy atom. The van der Waals surface area contributed by atoms with Crippen molar-refractivity contribution in [1.29, 1.82) is 0 Å². The lowest BCUT2D eigenvalue weighted by molar-refractivity contribution is -0.143. The highest BCUT2D eigenvalue weighted by Crippen LogP contribution is 2.07. The van der Waals surface area contributed by atoms with E-state index in [1.165, 1.54) is 24.3 Å². The second kappa shape index (κ2) is 14.7. The molecule has 3 atom stereocenters. The number of hydrogen-bond acceptors (Lipinski definition) is 6. The smallest absolute Gasteiger partial charge is 0.330 e. The number of carbonyl (C=O) groups is 3. The Balaban J connectivity index is 4.23. The summed E-state index contributed by atoms with van der Waals surface area (Å²) in [5.41, 5.74) is 0. The molecule has 152 valence electrons. The van der Waals surface area contributed by atoms with E-state index in [4.69, 9.17) is 14.6 Å². The van der Waals surface area contributed by atoms with Crippen molar-refractivity contribution in [1.82, 2.24) is 0 Å². The summed E-state index contributed by atoms with van der Waals surface area (Å²) >= 11 is 0. The molecular formula is C20H30O7. The molecule has 0 aliphatic heterocycles. The minimum absolute atomic E-state index is 0.0620. The predicted molar refractivity (Wildman–Crippen MR) is 101 cm³/mol. The lowest BCUT2D eigenvalue weighted by atomic mass is 10.2. The highest BCUT2D eigenvalue weighted by atomic mass is 16.5. The summed E-state index contributed by atoms with van der Waals surface area (Å²) in [5, 5.41) is 17.9. The number of carboxylic acid groups (broad SMARTS) is 1. The fourth-order valence-electron chi connectivity index (χ4n) is 1.90. The lowest BCUT2D eigenvalue weighted by Crippen LogP contribution is -2.15. The molecule has 0 amide bonds. The van der Waals surface area contributed by atoms with Gasteiger partial charge in [-0.2, -0.15) is 0 Å². The van der Waals surface area contributed by atoms with Gasteiger partial charge in [0.05, 0.1) is 12.5 Å². The van der Waals surface area contributed by atoms with Gasteiger partial charge in [-0.1, -0.05) is 32.1 Å². The number of hydrogen-bond donors (Lipinski definition) is 2. The number of aliphatic carboxylic acids is 1. The summed E-state index contributed by atoms with van der Waals surface area (Å²) < 4.78 is 10.4. The second-order valence-corrected chi connectivity index (χ2v) is 5.99. The number of aliphatic hydroxyl groups excluding tert-OH is 1. The molecule has 0 saturated carbocycles. The van der Waals surface area contributed by atoms with Crippen LogP contribution in [0.4, 0.5) is 0 Å². The van der Waals surface area contributed by atoms with E-state index in [-0.39, 0.29) is 12.5 Å². The van der Waals surface area contributed by atoms with Gasteiger partial charge in [0, 0.05) is 25.0 Å². The molecule has 0 bridgehead atoms. The molecule has 0 heterocycles. The maximum atomic E-state index is 11.8. The highest BCUT2D eigenvalue weighted by Gasteiger charge is 2.10. The normalized spacial score (nSPS) is 15.1. The molecule has 0 aromatic rings. The molecule has 3 unspecified atom stereocenters. The van der Waals surface area contributed by atoms with E-state index >= 15 is 0 Å². The monoisotopic (exact) mass is 382 g/mol. The Morgan fingerprint density at radius 2 is 1.59 bits per heavy atom. The lowest BCUT2D eigenvalue weighted by Gasteiger charge is -2.13. The minimum Gasteiger partial charge on any atom is -0.481 e. The molecule has 0 radical (unpaired) electrons. The molecule has 7 nitrogen and oxygen atoms in total. The fourth-order valence-corrected chi connectivity index (χ4v) is 1.90. The quantitative estimate of drug-likeness (QED) is 0.286. The third-order valence-corrected chi connectivity index (χ3v) is 3.51. The van der Waals surface area contributed by atoms with Crippen molar-refractivity contribution in [2.24, 2.45) is 0 Å². The first-order chi connectivity index (χ1) is 12.8. The van der Waals surface area contributed by atoms with Gasteiger partial charge in [-0.05, 0) is 25.8 Å². The van der Waals surface area contributed by atoms with E-state index in [2.05, 4.69) is 0 Å². The first-order valence-electron chi connectivity index (χ1n) is 9.09. The van der Waals surface area contributed by atoms with E-state index in [0.717, 1.165) is 0 Å². The van der Waals surface area contributed by atoms with Crippen LogP contribution in [0, 0.1) is 0 Å². The maximum absolute atomic E-state index is 11.8. The fraction of sp³-hybridized carbons (Fsp3) is 0.550. The Hall–Kier alpha value is -2.41. The van der Waals surface area contributed by atoms with Crippen LogP contribution in [-0.4, -0.2) is 46.4 Å². The molecular weight excluding hydrogens is 352 g/mol. The summed E-state index contributed by atoms with van der Waals surface area (Å²) in [6.45, 7) is 5.36. The van der Waals surface area contributed by atoms with Gasteiger partial charge < -0.3 is 19.7 Å².